The van der Waals surface area contributed by atoms with E-state index < -0.39 is 6.67 Å². The van der Waals surface area contributed by atoms with Gasteiger partial charge in [-0.25, -0.2) is 8.78 Å². The van der Waals surface area contributed by atoms with E-state index in [0.29, 0.717) is 29.4 Å². The summed E-state index contributed by atoms with van der Waals surface area (Å²) in [6, 6.07) is 0. The van der Waals surface area contributed by atoms with Gasteiger partial charge in [-0.2, -0.15) is 0 Å². The molecule has 0 aliphatic rings. The molecule has 0 heterocycles. The molecule has 112 valence electrons. The summed E-state index contributed by atoms with van der Waals surface area (Å²) < 4.78 is 27.1. The van der Waals surface area contributed by atoms with Crippen LogP contribution in [-0.4, -0.2) is 6.67 Å². The summed E-state index contributed by atoms with van der Waals surface area (Å²) in [6.07, 6.45) is 6.53. The summed E-state index contributed by atoms with van der Waals surface area (Å²) in [5.74, 6) is 0.526. The summed E-state index contributed by atoms with van der Waals surface area (Å²) in [6.45, 7) is 9.56. The van der Waals surface area contributed by atoms with Crippen LogP contribution in [-0.2, 0) is 0 Å². The van der Waals surface area contributed by atoms with Crippen LogP contribution in [0.15, 0.2) is 23.0 Å². The van der Waals surface area contributed by atoms with E-state index in [2.05, 4.69) is 27.7 Å². The molecular formula is C17H30F2. The maximum atomic E-state index is 14.2. The standard InChI is InChI=1S/C17H30F2/c1-6-8-9-10-16(12-18)17(19)15(5)11-14(4)13(3)7-2/h11,13-14H,6-10,12H2,1-5H3/b15-11+,17-16+/t13?,14-/m0/s1. The normalized spacial score (nSPS) is 17.1. The highest BCUT2D eigenvalue weighted by Crippen LogP contribution is 2.25. The second-order valence-electron chi connectivity index (χ2n) is 5.60. The molecule has 0 amide bonds. The first kappa shape index (κ1) is 18.3. The van der Waals surface area contributed by atoms with E-state index in [4.69, 9.17) is 0 Å². The van der Waals surface area contributed by atoms with E-state index in [1.165, 1.54) is 0 Å². The third kappa shape index (κ3) is 6.89. The Hall–Kier alpha value is -0.660. The van der Waals surface area contributed by atoms with Gasteiger partial charge in [0, 0.05) is 0 Å². The van der Waals surface area contributed by atoms with Crippen molar-refractivity contribution in [2.24, 2.45) is 11.8 Å². The average Bonchev–Trinajstić information content (AvgIpc) is 2.41. The second kappa shape index (κ2) is 10.2. The highest BCUT2D eigenvalue weighted by molar-refractivity contribution is 5.29. The van der Waals surface area contributed by atoms with Crippen LogP contribution in [0.5, 0.6) is 0 Å². The van der Waals surface area contributed by atoms with Gasteiger partial charge in [-0.15, -0.1) is 0 Å². The zero-order valence-corrected chi connectivity index (χ0v) is 13.2. The maximum absolute atomic E-state index is 14.2. The molecule has 0 radical (unpaired) electrons. The smallest absolute Gasteiger partial charge is 0.127 e. The van der Waals surface area contributed by atoms with Crippen LogP contribution >= 0.6 is 0 Å². The lowest BCUT2D eigenvalue weighted by atomic mass is 9.91. The summed E-state index contributed by atoms with van der Waals surface area (Å²) >= 11 is 0. The van der Waals surface area contributed by atoms with Crippen LogP contribution in [0.2, 0.25) is 0 Å². The van der Waals surface area contributed by atoms with Crippen LogP contribution < -0.4 is 0 Å². The Morgan fingerprint density at radius 2 is 1.79 bits per heavy atom. The van der Waals surface area contributed by atoms with Crippen LogP contribution in [0.25, 0.3) is 0 Å². The Bertz CT molecular complexity index is 302. The fourth-order valence-electron chi connectivity index (χ4n) is 2.11. The molecule has 0 spiro atoms. The highest BCUT2D eigenvalue weighted by atomic mass is 19.1. The van der Waals surface area contributed by atoms with Crippen molar-refractivity contribution in [1.29, 1.82) is 0 Å². The highest BCUT2D eigenvalue weighted by Gasteiger charge is 2.12. The Kier molecular flexibility index (Phi) is 9.81. The third-order valence-electron chi connectivity index (χ3n) is 3.95. The minimum Gasteiger partial charge on any atom is -0.246 e. The van der Waals surface area contributed by atoms with Gasteiger partial charge < -0.3 is 0 Å². The van der Waals surface area contributed by atoms with Crippen LogP contribution in [0.4, 0.5) is 8.78 Å². The number of allylic oxidation sites excluding steroid dienone is 4. The molecular weight excluding hydrogens is 242 g/mol. The van der Waals surface area contributed by atoms with Gasteiger partial charge in [-0.1, -0.05) is 53.0 Å². The number of hydrogen-bond donors (Lipinski definition) is 0. The van der Waals surface area contributed by atoms with Crippen molar-refractivity contribution < 1.29 is 8.78 Å². The second-order valence-corrected chi connectivity index (χ2v) is 5.60. The van der Waals surface area contributed by atoms with Crippen molar-refractivity contribution in [2.75, 3.05) is 6.67 Å². The van der Waals surface area contributed by atoms with Crippen LogP contribution in [0.1, 0.15) is 66.7 Å². The van der Waals surface area contributed by atoms with Gasteiger partial charge >= 0.3 is 0 Å². The summed E-state index contributed by atoms with van der Waals surface area (Å²) in [7, 11) is 0. The Labute approximate surface area is 118 Å². The van der Waals surface area contributed by atoms with Gasteiger partial charge in [0.15, 0.2) is 0 Å². The molecule has 0 nitrogen and oxygen atoms in total. The molecule has 0 fully saturated rings. The summed E-state index contributed by atoms with van der Waals surface area (Å²) in [5, 5.41) is 0. The molecule has 0 aromatic carbocycles. The molecule has 19 heavy (non-hydrogen) atoms. The molecule has 2 heteroatoms. The van der Waals surface area contributed by atoms with E-state index in [9.17, 15) is 8.78 Å². The molecule has 0 saturated heterocycles. The van der Waals surface area contributed by atoms with Crippen LogP contribution in [0.3, 0.4) is 0 Å². The van der Waals surface area contributed by atoms with E-state index in [1.54, 1.807) is 6.92 Å². The molecule has 2 atom stereocenters. The first-order valence-corrected chi connectivity index (χ1v) is 7.60. The molecule has 0 aliphatic heterocycles. The fraction of sp³-hybridized carbons (Fsp3) is 0.765. The number of hydrogen-bond acceptors (Lipinski definition) is 0. The number of rotatable bonds is 9. The zero-order valence-electron chi connectivity index (χ0n) is 13.2. The minimum atomic E-state index is -0.668. The molecule has 0 bridgehead atoms. The average molecular weight is 272 g/mol. The van der Waals surface area contributed by atoms with Crippen molar-refractivity contribution in [3.8, 4) is 0 Å². The molecule has 1 unspecified atom stereocenters. The summed E-state index contributed by atoms with van der Waals surface area (Å²) in [4.78, 5) is 0. The van der Waals surface area contributed by atoms with Gasteiger partial charge in [0.25, 0.3) is 0 Å². The lowest BCUT2D eigenvalue weighted by molar-refractivity contribution is 0.442. The van der Waals surface area contributed by atoms with Gasteiger partial charge in [-0.3, -0.25) is 0 Å². The molecule has 0 aromatic heterocycles. The lowest BCUT2D eigenvalue weighted by Gasteiger charge is -2.15. The van der Waals surface area contributed by atoms with Crippen molar-refractivity contribution in [2.45, 2.75) is 66.7 Å². The molecule has 0 N–H and O–H groups in total. The first-order chi connectivity index (χ1) is 8.97. The predicted molar refractivity (Wildman–Crippen MR) is 80.6 cm³/mol. The van der Waals surface area contributed by atoms with Gasteiger partial charge in [0.2, 0.25) is 0 Å². The van der Waals surface area contributed by atoms with Crippen molar-refractivity contribution in [1.82, 2.24) is 0 Å². The Morgan fingerprint density at radius 1 is 1.16 bits per heavy atom. The van der Waals surface area contributed by atoms with Gasteiger partial charge in [-0.05, 0) is 42.7 Å². The fourth-order valence-corrected chi connectivity index (χ4v) is 2.11. The molecule has 0 aromatic rings. The number of unbranched alkanes of at least 4 members (excludes halogenated alkanes) is 2. The lowest BCUT2D eigenvalue weighted by Crippen LogP contribution is -2.05. The van der Waals surface area contributed by atoms with E-state index >= 15 is 0 Å². The third-order valence-corrected chi connectivity index (χ3v) is 3.95. The number of alkyl halides is 1. The minimum absolute atomic E-state index is 0.325. The first-order valence-electron chi connectivity index (χ1n) is 7.60. The molecule has 0 aliphatic carbocycles. The van der Waals surface area contributed by atoms with E-state index in [1.807, 2.05) is 6.08 Å². The Morgan fingerprint density at radius 3 is 2.26 bits per heavy atom. The monoisotopic (exact) mass is 272 g/mol. The zero-order chi connectivity index (χ0) is 14.8. The maximum Gasteiger partial charge on any atom is 0.127 e. The van der Waals surface area contributed by atoms with Gasteiger partial charge in [0.1, 0.15) is 12.5 Å². The van der Waals surface area contributed by atoms with Crippen LogP contribution in [0, 0.1) is 11.8 Å². The van der Waals surface area contributed by atoms with E-state index in [-0.39, 0.29) is 5.83 Å². The molecule has 0 saturated carbocycles. The SMILES string of the molecule is CCCCC/C(CF)=C(F)/C(C)=C/[C@H](C)C(C)CC. The van der Waals surface area contributed by atoms with Crippen molar-refractivity contribution in [3.63, 3.8) is 0 Å². The van der Waals surface area contributed by atoms with Crippen molar-refractivity contribution in [3.05, 3.63) is 23.0 Å². The van der Waals surface area contributed by atoms with Gasteiger partial charge in [0.05, 0.1) is 0 Å². The predicted octanol–water partition coefficient (Wildman–Crippen LogP) is 6.39. The topological polar surface area (TPSA) is 0 Å². The summed E-state index contributed by atoms with van der Waals surface area (Å²) in [5.41, 5.74) is 0.926. The van der Waals surface area contributed by atoms with Crippen molar-refractivity contribution >= 4 is 0 Å². The largest absolute Gasteiger partial charge is 0.246 e. The number of halogens is 2. The molecule has 0 rings (SSSR count). The van der Waals surface area contributed by atoms with E-state index in [0.717, 1.165) is 25.7 Å². The quantitative estimate of drug-likeness (QED) is 0.337. The Balaban J connectivity index is 4.80.